The molecule has 0 saturated carbocycles. The maximum atomic E-state index is 6.27. The normalized spacial score (nSPS) is 38.2. The number of benzene rings is 2. The number of fused-ring (bicyclic) bond motifs is 3. The lowest BCUT2D eigenvalue weighted by Crippen LogP contribution is -2.61. The third-order valence-electron chi connectivity index (χ3n) is 5.22. The molecule has 6 heteroatoms. The van der Waals surface area contributed by atoms with E-state index in [1.165, 1.54) is 0 Å². The van der Waals surface area contributed by atoms with E-state index in [1.54, 1.807) is 7.11 Å². The van der Waals surface area contributed by atoms with Crippen LogP contribution in [0.15, 0.2) is 60.7 Å². The monoisotopic (exact) mass is 370 g/mol. The average Bonchev–Trinajstić information content (AvgIpc) is 3.20. The third kappa shape index (κ3) is 3.18. The van der Waals surface area contributed by atoms with Gasteiger partial charge in [0, 0.05) is 18.2 Å². The summed E-state index contributed by atoms with van der Waals surface area (Å²) in [5, 5.41) is 0. The molecule has 0 aromatic heterocycles. The quantitative estimate of drug-likeness (QED) is 0.828. The molecular weight excluding hydrogens is 348 g/mol. The van der Waals surface area contributed by atoms with Gasteiger partial charge in [-0.1, -0.05) is 60.7 Å². The van der Waals surface area contributed by atoms with Gasteiger partial charge in [0.2, 0.25) is 0 Å². The summed E-state index contributed by atoms with van der Waals surface area (Å²) >= 11 is 0. The molecule has 5 rings (SSSR count). The van der Waals surface area contributed by atoms with Crippen LogP contribution < -0.4 is 0 Å². The molecule has 6 nitrogen and oxygen atoms in total. The van der Waals surface area contributed by atoms with Crippen molar-refractivity contribution in [2.24, 2.45) is 0 Å². The van der Waals surface area contributed by atoms with Crippen molar-refractivity contribution in [2.75, 3.05) is 13.7 Å². The van der Waals surface area contributed by atoms with Gasteiger partial charge in [0.1, 0.15) is 24.4 Å². The SMILES string of the molecule is CO[C@H]1O[C@@H]2CO[C@@H](c3ccccc3)O[C@H]2[C@@H]2O[C@H](c3ccccc3)O[C@@H]12. The molecule has 0 bridgehead atoms. The van der Waals surface area contributed by atoms with E-state index in [4.69, 9.17) is 28.4 Å². The van der Waals surface area contributed by atoms with Crippen LogP contribution in [0.1, 0.15) is 23.7 Å². The second-order valence-electron chi connectivity index (χ2n) is 6.90. The minimum Gasteiger partial charge on any atom is -0.353 e. The number of methoxy groups -OCH3 is 1. The summed E-state index contributed by atoms with van der Waals surface area (Å²) in [5.74, 6) is 0. The number of ether oxygens (including phenoxy) is 6. The molecule has 2 aromatic rings. The second kappa shape index (κ2) is 7.31. The van der Waals surface area contributed by atoms with Crippen molar-refractivity contribution in [3.63, 3.8) is 0 Å². The molecule has 3 fully saturated rings. The predicted molar refractivity (Wildman–Crippen MR) is 94.6 cm³/mol. The zero-order chi connectivity index (χ0) is 18.2. The van der Waals surface area contributed by atoms with Crippen LogP contribution >= 0.6 is 0 Å². The lowest BCUT2D eigenvalue weighted by molar-refractivity contribution is -0.343. The third-order valence-corrected chi connectivity index (χ3v) is 5.22. The maximum Gasteiger partial charge on any atom is 0.186 e. The first-order valence-corrected chi connectivity index (χ1v) is 9.19. The van der Waals surface area contributed by atoms with Crippen molar-refractivity contribution < 1.29 is 28.4 Å². The summed E-state index contributed by atoms with van der Waals surface area (Å²) in [5.41, 5.74) is 1.94. The van der Waals surface area contributed by atoms with Gasteiger partial charge in [-0.25, -0.2) is 0 Å². The van der Waals surface area contributed by atoms with Gasteiger partial charge in [-0.3, -0.25) is 0 Å². The van der Waals surface area contributed by atoms with Crippen molar-refractivity contribution in [1.82, 2.24) is 0 Å². The molecule has 3 heterocycles. The number of hydrogen-bond donors (Lipinski definition) is 0. The van der Waals surface area contributed by atoms with Gasteiger partial charge >= 0.3 is 0 Å². The van der Waals surface area contributed by atoms with E-state index in [1.807, 2.05) is 60.7 Å². The highest BCUT2D eigenvalue weighted by molar-refractivity contribution is 5.18. The van der Waals surface area contributed by atoms with Crippen LogP contribution in [0.4, 0.5) is 0 Å². The van der Waals surface area contributed by atoms with Gasteiger partial charge < -0.3 is 28.4 Å². The topological polar surface area (TPSA) is 55.4 Å². The van der Waals surface area contributed by atoms with Gasteiger partial charge in [-0.2, -0.15) is 0 Å². The highest BCUT2D eigenvalue weighted by Crippen LogP contribution is 2.43. The number of rotatable bonds is 3. The predicted octanol–water partition coefficient (Wildman–Crippen LogP) is 2.95. The highest BCUT2D eigenvalue weighted by atomic mass is 16.8. The lowest BCUT2D eigenvalue weighted by Gasteiger charge is -2.45. The van der Waals surface area contributed by atoms with Crippen LogP contribution in [-0.2, 0) is 28.4 Å². The fraction of sp³-hybridized carbons (Fsp3) is 0.429. The molecular formula is C21H22O6. The van der Waals surface area contributed by atoms with Crippen LogP contribution in [0.3, 0.4) is 0 Å². The molecule has 0 aliphatic carbocycles. The molecule has 0 unspecified atom stereocenters. The first kappa shape index (κ1) is 17.3. The Kier molecular flexibility index (Phi) is 4.69. The second-order valence-corrected chi connectivity index (χ2v) is 6.90. The van der Waals surface area contributed by atoms with Crippen LogP contribution in [0.25, 0.3) is 0 Å². The smallest absolute Gasteiger partial charge is 0.186 e. The van der Waals surface area contributed by atoms with Crippen LogP contribution in [0, 0.1) is 0 Å². The van der Waals surface area contributed by atoms with E-state index in [0.717, 1.165) is 11.1 Å². The molecule has 3 aliphatic heterocycles. The summed E-state index contributed by atoms with van der Waals surface area (Å²) in [6.07, 6.45) is -2.67. The van der Waals surface area contributed by atoms with Gasteiger partial charge in [-0.15, -0.1) is 0 Å². The average molecular weight is 370 g/mol. The summed E-state index contributed by atoms with van der Waals surface area (Å²) in [7, 11) is 1.61. The Morgan fingerprint density at radius 2 is 1.30 bits per heavy atom. The molecule has 0 spiro atoms. The van der Waals surface area contributed by atoms with E-state index in [0.29, 0.717) is 6.61 Å². The molecule has 0 amide bonds. The van der Waals surface area contributed by atoms with Crippen LogP contribution in [0.2, 0.25) is 0 Å². The molecule has 142 valence electrons. The van der Waals surface area contributed by atoms with E-state index in [2.05, 4.69) is 0 Å². The summed E-state index contributed by atoms with van der Waals surface area (Å²) in [6, 6.07) is 19.8. The molecule has 2 aromatic carbocycles. The van der Waals surface area contributed by atoms with E-state index < -0.39 is 18.9 Å². The fourth-order valence-electron chi connectivity index (χ4n) is 3.90. The van der Waals surface area contributed by atoms with Crippen molar-refractivity contribution in [2.45, 2.75) is 43.3 Å². The minimum atomic E-state index is -0.523. The van der Waals surface area contributed by atoms with Crippen LogP contribution in [-0.4, -0.2) is 44.4 Å². The zero-order valence-electron chi connectivity index (χ0n) is 15.0. The standard InChI is InChI=1S/C21H22O6/c1-22-21-18-17(26-20(27-18)14-10-6-3-7-11-14)16-15(24-21)12-23-19(25-16)13-8-4-2-5-9-13/h2-11,15-21H,12H2,1H3/t15-,16-,17+,18-,19-,20+,21+/m1/s1. The van der Waals surface area contributed by atoms with Crippen LogP contribution in [0.5, 0.6) is 0 Å². The molecule has 0 radical (unpaired) electrons. The Bertz CT molecular complexity index is 754. The Morgan fingerprint density at radius 3 is 1.96 bits per heavy atom. The van der Waals surface area contributed by atoms with Gasteiger partial charge in [-0.05, 0) is 0 Å². The van der Waals surface area contributed by atoms with Crippen molar-refractivity contribution in [3.8, 4) is 0 Å². The summed E-state index contributed by atoms with van der Waals surface area (Å²) < 4.78 is 36.1. The van der Waals surface area contributed by atoms with E-state index >= 15 is 0 Å². The Morgan fingerprint density at radius 1 is 0.704 bits per heavy atom. The van der Waals surface area contributed by atoms with Gasteiger partial charge in [0.15, 0.2) is 18.9 Å². The zero-order valence-corrected chi connectivity index (χ0v) is 15.0. The fourth-order valence-corrected chi connectivity index (χ4v) is 3.90. The maximum absolute atomic E-state index is 6.27. The number of hydrogen-bond acceptors (Lipinski definition) is 6. The molecule has 7 atom stereocenters. The Labute approximate surface area is 157 Å². The molecule has 27 heavy (non-hydrogen) atoms. The highest BCUT2D eigenvalue weighted by Gasteiger charge is 2.56. The Hall–Kier alpha value is -1.80. The first-order valence-electron chi connectivity index (χ1n) is 9.19. The Balaban J connectivity index is 1.39. The lowest BCUT2D eigenvalue weighted by atomic mass is 9.98. The van der Waals surface area contributed by atoms with E-state index in [9.17, 15) is 0 Å². The van der Waals surface area contributed by atoms with Gasteiger partial charge in [0.25, 0.3) is 0 Å². The van der Waals surface area contributed by atoms with Crippen molar-refractivity contribution in [1.29, 1.82) is 0 Å². The molecule has 3 aliphatic rings. The molecule has 3 saturated heterocycles. The molecule has 0 N–H and O–H groups in total. The summed E-state index contributed by atoms with van der Waals surface area (Å²) in [6.45, 7) is 0.409. The van der Waals surface area contributed by atoms with Crippen molar-refractivity contribution >= 4 is 0 Å². The summed E-state index contributed by atoms with van der Waals surface area (Å²) in [4.78, 5) is 0. The minimum absolute atomic E-state index is 0.269. The van der Waals surface area contributed by atoms with Crippen molar-refractivity contribution in [3.05, 3.63) is 71.8 Å². The first-order chi connectivity index (χ1) is 13.3. The van der Waals surface area contributed by atoms with Gasteiger partial charge in [0.05, 0.1) is 6.61 Å². The largest absolute Gasteiger partial charge is 0.353 e. The van der Waals surface area contributed by atoms with E-state index in [-0.39, 0.29) is 24.4 Å².